The second-order valence-corrected chi connectivity index (χ2v) is 15.4. The maximum Gasteiger partial charge on any atom is 0.224 e. The molecule has 1 aromatic heterocycles. The van der Waals surface area contributed by atoms with Crippen LogP contribution in [0.5, 0.6) is 0 Å². The molecule has 246 valence electrons. The number of nitrogens with zero attached hydrogens (tertiary/aromatic N) is 4. The Hall–Kier alpha value is -2.93. The number of amides is 1. The first-order valence-electron chi connectivity index (χ1n) is 17.6. The second kappa shape index (κ2) is 13.7. The summed E-state index contributed by atoms with van der Waals surface area (Å²) in [7, 11) is 0. The molecule has 6 fully saturated rings. The van der Waals surface area contributed by atoms with Crippen LogP contribution in [0.1, 0.15) is 88.7 Å². The van der Waals surface area contributed by atoms with E-state index in [0.29, 0.717) is 53.1 Å². The summed E-state index contributed by atoms with van der Waals surface area (Å²) in [5.74, 6) is 3.64. The van der Waals surface area contributed by atoms with Gasteiger partial charge in [-0.05, 0) is 105 Å². The number of nitrogens with one attached hydrogen (secondary N) is 4. The van der Waals surface area contributed by atoms with Crippen LogP contribution in [0.15, 0.2) is 30.5 Å². The van der Waals surface area contributed by atoms with Crippen molar-refractivity contribution in [1.82, 2.24) is 25.5 Å². The SMILES string of the molecule is CC(=O)N1CCC(N[C@H]2CC[C@@H](NC3C4CC5C[C@@H]3C[C@@](CNc3nc(NCc6ccccc6Cl)ncc3C#N)(C5)C4)CC2)CC1. The normalized spacial score (nSPS) is 32.2. The zero-order chi connectivity index (χ0) is 31.7. The highest BCUT2D eigenvalue weighted by Gasteiger charge is 2.55. The van der Waals surface area contributed by atoms with Crippen LogP contribution in [0.25, 0.3) is 0 Å². The summed E-state index contributed by atoms with van der Waals surface area (Å²) < 4.78 is 0. The molecule has 4 N–H and O–H groups in total. The molecule has 2 heterocycles. The van der Waals surface area contributed by atoms with Crippen LogP contribution in [-0.2, 0) is 11.3 Å². The summed E-state index contributed by atoms with van der Waals surface area (Å²) in [4.78, 5) is 22.8. The Balaban J connectivity index is 0.909. The van der Waals surface area contributed by atoms with Crippen LogP contribution in [-0.4, -0.2) is 64.6 Å². The van der Waals surface area contributed by atoms with E-state index in [1.807, 2.05) is 29.2 Å². The lowest BCUT2D eigenvalue weighted by Crippen LogP contribution is -2.61. The van der Waals surface area contributed by atoms with Gasteiger partial charge in [0, 0.05) is 62.3 Å². The first-order chi connectivity index (χ1) is 22.4. The summed E-state index contributed by atoms with van der Waals surface area (Å²) in [5.41, 5.74) is 1.74. The number of aromatic nitrogens is 2. The molecule has 46 heavy (non-hydrogen) atoms. The van der Waals surface area contributed by atoms with Crippen molar-refractivity contribution in [2.45, 2.75) is 108 Å². The molecule has 3 unspecified atom stereocenters. The summed E-state index contributed by atoms with van der Waals surface area (Å²) in [6, 6.07) is 12.5. The number of carbonyl (C=O) groups excluding carboxylic acids is 1. The number of anilines is 2. The first kappa shape index (κ1) is 31.7. The summed E-state index contributed by atoms with van der Waals surface area (Å²) >= 11 is 6.33. The molecular formula is C36H49ClN8O. The fraction of sp³-hybridized carbons (Fsp3) is 0.667. The van der Waals surface area contributed by atoms with Crippen molar-refractivity contribution >= 4 is 29.3 Å². The number of hydrogen-bond acceptors (Lipinski definition) is 8. The van der Waals surface area contributed by atoms with Crippen LogP contribution in [0, 0.1) is 34.5 Å². The predicted molar refractivity (Wildman–Crippen MR) is 181 cm³/mol. The minimum atomic E-state index is 0.212. The van der Waals surface area contributed by atoms with Crippen LogP contribution in [0.4, 0.5) is 11.8 Å². The topological polar surface area (TPSA) is 118 Å². The molecule has 1 aliphatic heterocycles. The van der Waals surface area contributed by atoms with E-state index in [0.717, 1.165) is 55.8 Å². The van der Waals surface area contributed by atoms with Gasteiger partial charge in [0.15, 0.2) is 0 Å². The summed E-state index contributed by atoms with van der Waals surface area (Å²) in [6.07, 6.45) is 15.3. The number of benzene rings is 1. The van der Waals surface area contributed by atoms with Crippen molar-refractivity contribution in [3.63, 3.8) is 0 Å². The second-order valence-electron chi connectivity index (χ2n) is 15.0. The van der Waals surface area contributed by atoms with E-state index in [1.54, 1.807) is 13.1 Å². The number of halogens is 1. The van der Waals surface area contributed by atoms with E-state index < -0.39 is 0 Å². The van der Waals surface area contributed by atoms with E-state index >= 15 is 0 Å². The van der Waals surface area contributed by atoms with Gasteiger partial charge < -0.3 is 26.2 Å². The van der Waals surface area contributed by atoms with Gasteiger partial charge in [-0.1, -0.05) is 29.8 Å². The van der Waals surface area contributed by atoms with Crippen LogP contribution in [0.2, 0.25) is 5.02 Å². The minimum Gasteiger partial charge on any atom is -0.368 e. The molecule has 10 heteroatoms. The Morgan fingerprint density at radius 2 is 1.65 bits per heavy atom. The molecule has 5 aliphatic carbocycles. The molecule has 8 rings (SSSR count). The molecule has 4 bridgehead atoms. The third-order valence-electron chi connectivity index (χ3n) is 11.9. The van der Waals surface area contributed by atoms with Crippen LogP contribution < -0.4 is 21.3 Å². The van der Waals surface area contributed by atoms with Gasteiger partial charge >= 0.3 is 0 Å². The molecule has 1 saturated heterocycles. The molecule has 1 aromatic carbocycles. The molecule has 6 aliphatic rings. The maximum atomic E-state index is 11.7. The van der Waals surface area contributed by atoms with Crippen molar-refractivity contribution in [3.05, 3.63) is 46.6 Å². The highest BCUT2D eigenvalue weighted by molar-refractivity contribution is 6.31. The number of rotatable bonds is 10. The van der Waals surface area contributed by atoms with E-state index in [9.17, 15) is 10.1 Å². The van der Waals surface area contributed by atoms with Gasteiger partial charge in [0.2, 0.25) is 11.9 Å². The molecule has 5 atom stereocenters. The minimum absolute atomic E-state index is 0.212. The van der Waals surface area contributed by atoms with Gasteiger partial charge in [-0.2, -0.15) is 10.2 Å². The lowest BCUT2D eigenvalue weighted by molar-refractivity contribution is -0.129. The number of likely N-dealkylation sites (tertiary alicyclic amines) is 1. The number of hydrogen-bond donors (Lipinski definition) is 4. The van der Waals surface area contributed by atoms with E-state index in [1.165, 1.54) is 57.8 Å². The molecule has 5 saturated carbocycles. The maximum absolute atomic E-state index is 11.7. The van der Waals surface area contributed by atoms with Crippen LogP contribution >= 0.6 is 11.6 Å². The Morgan fingerprint density at radius 3 is 2.33 bits per heavy atom. The van der Waals surface area contributed by atoms with Gasteiger partial charge in [-0.3, -0.25) is 4.79 Å². The van der Waals surface area contributed by atoms with Crippen molar-refractivity contribution in [2.75, 3.05) is 30.3 Å². The molecule has 0 radical (unpaired) electrons. The quantitative estimate of drug-likeness (QED) is 0.259. The molecule has 0 spiro atoms. The van der Waals surface area contributed by atoms with Gasteiger partial charge in [0.1, 0.15) is 17.5 Å². The average molecular weight is 645 g/mol. The number of piperidine rings is 1. The largest absolute Gasteiger partial charge is 0.368 e. The summed E-state index contributed by atoms with van der Waals surface area (Å²) in [5, 5.41) is 25.6. The molecule has 2 aromatic rings. The van der Waals surface area contributed by atoms with E-state index in [4.69, 9.17) is 16.6 Å². The summed E-state index contributed by atoms with van der Waals surface area (Å²) in [6.45, 7) is 4.86. The monoisotopic (exact) mass is 644 g/mol. The third-order valence-corrected chi connectivity index (χ3v) is 12.3. The van der Waals surface area contributed by atoms with Crippen molar-refractivity contribution in [1.29, 1.82) is 5.26 Å². The first-order valence-corrected chi connectivity index (χ1v) is 18.0. The average Bonchev–Trinajstić information content (AvgIpc) is 3.06. The molecule has 9 nitrogen and oxygen atoms in total. The van der Waals surface area contributed by atoms with Crippen molar-refractivity contribution < 1.29 is 4.79 Å². The highest BCUT2D eigenvalue weighted by atomic mass is 35.5. The number of nitriles is 1. The van der Waals surface area contributed by atoms with Crippen LogP contribution in [0.3, 0.4) is 0 Å². The zero-order valence-corrected chi connectivity index (χ0v) is 27.9. The van der Waals surface area contributed by atoms with Crippen molar-refractivity contribution in [2.24, 2.45) is 23.2 Å². The van der Waals surface area contributed by atoms with Gasteiger partial charge in [-0.25, -0.2) is 4.98 Å². The van der Waals surface area contributed by atoms with E-state index in [-0.39, 0.29) is 11.3 Å². The molecule has 1 amide bonds. The smallest absolute Gasteiger partial charge is 0.224 e. The predicted octanol–water partition coefficient (Wildman–Crippen LogP) is 5.72. The standard InChI is InChI=1S/C36H49ClN8O/c1-23(46)45-12-10-31(11-13-45)42-29-6-8-30(9-7-29)43-33-26-14-24-15-27(33)18-36(16-24,17-26)22-41-34-28(19-38)21-40-35(44-34)39-20-25-4-2-3-5-32(25)37/h2-5,21,24,26-27,29-31,33,42-43H,6-18,20,22H2,1H3,(H2,39,40,41,44)/t24?,26-,27?,29-,30+,33?,36+/m1/s1. The Labute approximate surface area is 278 Å². The fourth-order valence-electron chi connectivity index (χ4n) is 9.85. The van der Waals surface area contributed by atoms with Gasteiger partial charge in [0.05, 0.1) is 6.20 Å². The Morgan fingerprint density at radius 1 is 0.978 bits per heavy atom. The Kier molecular flexibility index (Phi) is 9.40. The fourth-order valence-corrected chi connectivity index (χ4v) is 10.0. The lowest BCUT2D eigenvalue weighted by Gasteiger charge is -2.61. The van der Waals surface area contributed by atoms with Gasteiger partial charge in [0.25, 0.3) is 0 Å². The van der Waals surface area contributed by atoms with Crippen molar-refractivity contribution in [3.8, 4) is 6.07 Å². The highest BCUT2D eigenvalue weighted by Crippen LogP contribution is 2.60. The van der Waals surface area contributed by atoms with Gasteiger partial charge in [-0.15, -0.1) is 0 Å². The number of carbonyl (C=O) groups is 1. The Bertz CT molecular complexity index is 1410. The lowest BCUT2D eigenvalue weighted by atomic mass is 9.47. The van der Waals surface area contributed by atoms with E-state index in [2.05, 4.69) is 32.3 Å². The zero-order valence-electron chi connectivity index (χ0n) is 27.1. The molecular weight excluding hydrogens is 596 g/mol. The third kappa shape index (κ3) is 7.00.